The van der Waals surface area contributed by atoms with Gasteiger partial charge in [-0.2, -0.15) is 0 Å². The first-order chi connectivity index (χ1) is 15.4. The number of rotatable bonds is 10. The largest absolute Gasteiger partial charge is 0.488 e. The first-order valence-electron chi connectivity index (χ1n) is 9.84. The molecule has 32 heavy (non-hydrogen) atoms. The summed E-state index contributed by atoms with van der Waals surface area (Å²) in [6.07, 6.45) is 1.42. The van der Waals surface area contributed by atoms with Gasteiger partial charge < -0.3 is 10.1 Å². The molecule has 0 aromatic heterocycles. The predicted octanol–water partition coefficient (Wildman–Crippen LogP) is 3.84. The van der Waals surface area contributed by atoms with Gasteiger partial charge in [0.15, 0.2) is 11.6 Å². The maximum Gasteiger partial charge on any atom is 0.251 e. The van der Waals surface area contributed by atoms with Crippen molar-refractivity contribution >= 4 is 15.9 Å². The van der Waals surface area contributed by atoms with E-state index in [9.17, 15) is 17.6 Å². The van der Waals surface area contributed by atoms with E-state index in [4.69, 9.17) is 4.74 Å². The minimum Gasteiger partial charge on any atom is -0.488 e. The van der Waals surface area contributed by atoms with Gasteiger partial charge in [-0.1, -0.05) is 54.6 Å². The second-order valence-corrected chi connectivity index (χ2v) is 8.61. The van der Waals surface area contributed by atoms with E-state index in [0.717, 1.165) is 5.56 Å². The molecule has 1 amide bonds. The van der Waals surface area contributed by atoms with Gasteiger partial charge in [0, 0.05) is 12.1 Å². The van der Waals surface area contributed by atoms with Crippen molar-refractivity contribution in [1.29, 1.82) is 0 Å². The molecule has 3 aromatic rings. The Balaban J connectivity index is 1.80. The lowest BCUT2D eigenvalue weighted by molar-refractivity contribution is 0.0920. The highest BCUT2D eigenvalue weighted by Crippen LogP contribution is 2.20. The van der Waals surface area contributed by atoms with Crippen molar-refractivity contribution in [2.75, 3.05) is 13.2 Å². The van der Waals surface area contributed by atoms with Crippen LogP contribution < -0.4 is 14.8 Å². The third-order valence-electron chi connectivity index (χ3n) is 4.57. The van der Waals surface area contributed by atoms with E-state index in [-0.39, 0.29) is 29.4 Å². The average molecular weight is 455 g/mol. The first-order valence-corrected chi connectivity index (χ1v) is 11.3. The van der Waals surface area contributed by atoms with Crippen molar-refractivity contribution in [3.8, 4) is 5.75 Å². The number of carbonyl (C=O) groups excluding carboxylic acids is 1. The SMILES string of the molecule is C=CCNS(=O)(=O)c1cccc(C(=O)NC(COc2ccccc2F)c2ccccc2)c1. The van der Waals surface area contributed by atoms with Crippen LogP contribution >= 0.6 is 0 Å². The van der Waals surface area contributed by atoms with Crippen LogP contribution in [0, 0.1) is 5.82 Å². The van der Waals surface area contributed by atoms with Gasteiger partial charge in [0.1, 0.15) is 6.61 Å². The van der Waals surface area contributed by atoms with Gasteiger partial charge >= 0.3 is 0 Å². The van der Waals surface area contributed by atoms with Gasteiger partial charge in [-0.25, -0.2) is 17.5 Å². The Kier molecular flexibility index (Phi) is 7.75. The molecule has 0 radical (unpaired) electrons. The number of benzene rings is 3. The smallest absolute Gasteiger partial charge is 0.251 e. The van der Waals surface area contributed by atoms with Gasteiger partial charge in [-0.15, -0.1) is 6.58 Å². The predicted molar refractivity (Wildman–Crippen MR) is 120 cm³/mol. The van der Waals surface area contributed by atoms with E-state index in [0.29, 0.717) is 0 Å². The third-order valence-corrected chi connectivity index (χ3v) is 5.99. The molecule has 166 valence electrons. The Morgan fingerprint density at radius 2 is 1.75 bits per heavy atom. The van der Waals surface area contributed by atoms with Gasteiger partial charge in [-0.3, -0.25) is 4.79 Å². The van der Waals surface area contributed by atoms with Crippen LogP contribution in [0.1, 0.15) is 22.0 Å². The van der Waals surface area contributed by atoms with Crippen LogP contribution in [0.5, 0.6) is 5.75 Å². The Morgan fingerprint density at radius 1 is 1.03 bits per heavy atom. The minimum absolute atomic E-state index is 0.0183. The molecular weight excluding hydrogens is 431 g/mol. The molecule has 1 unspecified atom stereocenters. The van der Waals surface area contributed by atoms with E-state index >= 15 is 0 Å². The number of ether oxygens (including phenoxy) is 1. The third kappa shape index (κ3) is 6.03. The van der Waals surface area contributed by atoms with Crippen molar-refractivity contribution in [2.24, 2.45) is 0 Å². The lowest BCUT2D eigenvalue weighted by Crippen LogP contribution is -2.32. The Morgan fingerprint density at radius 3 is 2.47 bits per heavy atom. The quantitative estimate of drug-likeness (QED) is 0.456. The van der Waals surface area contributed by atoms with E-state index in [2.05, 4.69) is 16.6 Å². The summed E-state index contributed by atoms with van der Waals surface area (Å²) in [5.41, 5.74) is 0.923. The Bertz CT molecular complexity index is 1180. The van der Waals surface area contributed by atoms with E-state index in [1.54, 1.807) is 12.1 Å². The van der Waals surface area contributed by atoms with Crippen LogP contribution in [0.2, 0.25) is 0 Å². The number of carbonyl (C=O) groups is 1. The molecule has 0 aliphatic rings. The second-order valence-electron chi connectivity index (χ2n) is 6.85. The molecular formula is C24H23FN2O4S. The Hall–Kier alpha value is -3.49. The fourth-order valence-corrected chi connectivity index (χ4v) is 3.98. The second kappa shape index (κ2) is 10.7. The van der Waals surface area contributed by atoms with Gasteiger partial charge in [0.25, 0.3) is 5.91 Å². The summed E-state index contributed by atoms with van der Waals surface area (Å²) in [5, 5.41) is 2.84. The van der Waals surface area contributed by atoms with Crippen LogP contribution in [-0.2, 0) is 10.0 Å². The maximum atomic E-state index is 13.9. The fourth-order valence-electron chi connectivity index (χ4n) is 2.94. The lowest BCUT2D eigenvalue weighted by atomic mass is 10.1. The highest BCUT2D eigenvalue weighted by Gasteiger charge is 2.20. The van der Waals surface area contributed by atoms with Gasteiger partial charge in [0.2, 0.25) is 10.0 Å². The molecule has 0 bridgehead atoms. The normalized spacial score (nSPS) is 12.0. The minimum atomic E-state index is -3.78. The van der Waals surface area contributed by atoms with E-state index in [1.807, 2.05) is 30.3 Å². The number of nitrogens with one attached hydrogen (secondary N) is 2. The molecule has 6 nitrogen and oxygen atoms in total. The van der Waals surface area contributed by atoms with Crippen molar-refractivity contribution in [3.05, 3.63) is 108 Å². The summed E-state index contributed by atoms with van der Waals surface area (Å²) >= 11 is 0. The molecule has 8 heteroatoms. The zero-order valence-corrected chi connectivity index (χ0v) is 18.0. The average Bonchev–Trinajstić information content (AvgIpc) is 2.82. The molecule has 0 fully saturated rings. The molecule has 0 aliphatic heterocycles. The molecule has 1 atom stereocenters. The molecule has 3 rings (SSSR count). The summed E-state index contributed by atoms with van der Waals surface area (Å²) in [6.45, 7) is 3.54. The van der Waals surface area contributed by atoms with Gasteiger partial charge in [0.05, 0.1) is 10.9 Å². The summed E-state index contributed by atoms with van der Waals surface area (Å²) in [4.78, 5) is 12.9. The summed E-state index contributed by atoms with van der Waals surface area (Å²) < 4.78 is 46.6. The van der Waals surface area contributed by atoms with E-state index < -0.39 is 27.8 Å². The first kappa shape index (κ1) is 23.2. The highest BCUT2D eigenvalue weighted by atomic mass is 32.2. The zero-order chi connectivity index (χ0) is 23.0. The number of hydrogen-bond acceptors (Lipinski definition) is 4. The molecule has 0 heterocycles. The standard InChI is InChI=1S/C24H23FN2O4S/c1-2-15-26-32(29,30)20-12-8-11-19(16-20)24(28)27-22(18-9-4-3-5-10-18)17-31-23-14-7-6-13-21(23)25/h2-14,16,22,26H,1,15,17H2,(H,27,28). The topological polar surface area (TPSA) is 84.5 Å². The highest BCUT2D eigenvalue weighted by molar-refractivity contribution is 7.89. The van der Waals surface area contributed by atoms with E-state index in [1.165, 1.54) is 42.5 Å². The number of halogens is 1. The Labute approximate surface area is 186 Å². The number of para-hydroxylation sites is 1. The molecule has 3 aromatic carbocycles. The summed E-state index contributed by atoms with van der Waals surface area (Å²) in [6, 6.07) is 20.2. The maximum absolute atomic E-state index is 13.9. The molecule has 0 saturated carbocycles. The summed E-state index contributed by atoms with van der Waals surface area (Å²) in [7, 11) is -3.78. The number of sulfonamides is 1. The molecule has 0 spiro atoms. The zero-order valence-electron chi connectivity index (χ0n) is 17.2. The molecule has 0 aliphatic carbocycles. The van der Waals surface area contributed by atoms with Gasteiger partial charge in [-0.05, 0) is 35.9 Å². The summed E-state index contributed by atoms with van der Waals surface area (Å²) in [5.74, 6) is -0.920. The van der Waals surface area contributed by atoms with Crippen LogP contribution in [0.25, 0.3) is 0 Å². The van der Waals surface area contributed by atoms with Crippen LogP contribution in [0.3, 0.4) is 0 Å². The van der Waals surface area contributed by atoms with Crippen molar-refractivity contribution in [2.45, 2.75) is 10.9 Å². The fraction of sp³-hybridized carbons (Fsp3) is 0.125. The number of hydrogen-bond donors (Lipinski definition) is 2. The molecule has 0 saturated heterocycles. The lowest BCUT2D eigenvalue weighted by Gasteiger charge is -2.20. The van der Waals surface area contributed by atoms with Crippen LogP contribution in [-0.4, -0.2) is 27.5 Å². The van der Waals surface area contributed by atoms with Crippen LogP contribution in [0.4, 0.5) is 4.39 Å². The molecule has 2 N–H and O–H groups in total. The van der Waals surface area contributed by atoms with Crippen LogP contribution in [0.15, 0.2) is 96.4 Å². The van der Waals surface area contributed by atoms with Crippen molar-refractivity contribution in [3.63, 3.8) is 0 Å². The monoisotopic (exact) mass is 454 g/mol. The van der Waals surface area contributed by atoms with Crippen molar-refractivity contribution < 1.29 is 22.3 Å². The van der Waals surface area contributed by atoms with Crippen molar-refractivity contribution in [1.82, 2.24) is 10.0 Å². The number of amides is 1.